The zero-order valence-corrected chi connectivity index (χ0v) is 17.0. The van der Waals surface area contributed by atoms with E-state index < -0.39 is 10.0 Å². The van der Waals surface area contributed by atoms with Gasteiger partial charge in [-0.15, -0.1) is 0 Å². The van der Waals surface area contributed by atoms with E-state index in [1.165, 1.54) is 0 Å². The van der Waals surface area contributed by atoms with Gasteiger partial charge in [-0.2, -0.15) is 0 Å². The van der Waals surface area contributed by atoms with Crippen LogP contribution >= 0.6 is 11.6 Å². The van der Waals surface area contributed by atoms with E-state index in [-0.39, 0.29) is 27.8 Å². The minimum Gasteiger partial charge on any atom is -0.426 e. The van der Waals surface area contributed by atoms with Crippen LogP contribution in [0.25, 0.3) is 0 Å². The van der Waals surface area contributed by atoms with E-state index >= 15 is 0 Å². The highest BCUT2D eigenvalue weighted by Crippen LogP contribution is 2.45. The maximum absolute atomic E-state index is 12.8. The lowest BCUT2D eigenvalue weighted by molar-refractivity contribution is 0.0375. The normalized spacial score (nSPS) is 18.7. The number of benzene rings is 2. The SMILES string of the molecule is CC1(C)CB(c2ccc(Cl)c(S(=O)(=O)Nc3ccccc3)c2)OC1(C)C. The maximum Gasteiger partial charge on any atom is 0.328 e. The molecule has 4 nitrogen and oxygen atoms in total. The Kier molecular flexibility index (Phi) is 4.88. The number of nitrogens with one attached hydrogen (secondary N) is 1. The Hall–Kier alpha value is -1.50. The first kappa shape index (κ1) is 19.3. The molecule has 1 fully saturated rings. The van der Waals surface area contributed by atoms with E-state index in [1.54, 1.807) is 36.4 Å². The Bertz CT molecular complexity index is 898. The molecule has 0 radical (unpaired) electrons. The summed E-state index contributed by atoms with van der Waals surface area (Å²) in [5, 5.41) is 0.189. The summed E-state index contributed by atoms with van der Waals surface area (Å²) in [6.45, 7) is 8.30. The lowest BCUT2D eigenvalue weighted by atomic mass is 9.54. The van der Waals surface area contributed by atoms with E-state index in [1.807, 2.05) is 12.1 Å². The average Bonchev–Trinajstić information content (AvgIpc) is 2.76. The third-order valence-corrected chi connectivity index (χ3v) is 7.27. The Labute approximate surface area is 161 Å². The van der Waals surface area contributed by atoms with Gasteiger partial charge in [0.15, 0.2) is 0 Å². The molecule has 0 spiro atoms. The van der Waals surface area contributed by atoms with Gasteiger partial charge in [0.05, 0.1) is 10.6 Å². The summed E-state index contributed by atoms with van der Waals surface area (Å²) in [4.78, 5) is 0.0617. The van der Waals surface area contributed by atoms with Gasteiger partial charge in [0, 0.05) is 5.69 Å². The second kappa shape index (κ2) is 6.59. The van der Waals surface area contributed by atoms with E-state index in [2.05, 4.69) is 32.4 Å². The van der Waals surface area contributed by atoms with Crippen LogP contribution in [0.4, 0.5) is 5.69 Å². The predicted molar refractivity (Wildman–Crippen MR) is 108 cm³/mol. The topological polar surface area (TPSA) is 55.4 Å². The first-order valence-corrected chi connectivity index (χ1v) is 10.4. The van der Waals surface area contributed by atoms with Crippen molar-refractivity contribution in [3.63, 3.8) is 0 Å². The molecule has 0 bridgehead atoms. The molecule has 2 aromatic carbocycles. The van der Waals surface area contributed by atoms with Crippen molar-refractivity contribution in [2.24, 2.45) is 5.41 Å². The average molecular weight is 392 g/mol. The predicted octanol–water partition coefficient (Wildman–Crippen LogP) is 4.17. The molecule has 0 atom stereocenters. The van der Waals surface area contributed by atoms with Crippen LogP contribution in [0.3, 0.4) is 0 Å². The molecule has 1 aliphatic heterocycles. The Morgan fingerprint density at radius 2 is 1.73 bits per heavy atom. The fourth-order valence-electron chi connectivity index (χ4n) is 3.09. The Morgan fingerprint density at radius 1 is 1.08 bits per heavy atom. The van der Waals surface area contributed by atoms with Gasteiger partial charge in [-0.1, -0.05) is 49.7 Å². The van der Waals surface area contributed by atoms with Crippen molar-refractivity contribution in [1.82, 2.24) is 0 Å². The summed E-state index contributed by atoms with van der Waals surface area (Å²) >= 11 is 6.21. The Morgan fingerprint density at radius 3 is 2.31 bits per heavy atom. The van der Waals surface area contributed by atoms with Crippen molar-refractivity contribution >= 4 is 39.7 Å². The van der Waals surface area contributed by atoms with Crippen LogP contribution in [-0.2, 0) is 14.7 Å². The zero-order valence-electron chi connectivity index (χ0n) is 15.4. The highest BCUT2D eigenvalue weighted by molar-refractivity contribution is 7.92. The van der Waals surface area contributed by atoms with E-state index in [9.17, 15) is 8.42 Å². The van der Waals surface area contributed by atoms with Gasteiger partial charge < -0.3 is 4.65 Å². The minimum atomic E-state index is -3.79. The van der Waals surface area contributed by atoms with Crippen LogP contribution in [-0.4, -0.2) is 20.9 Å². The standard InChI is InChI=1S/C19H23BClNO3S/c1-18(2)13-20(25-19(18,3)4)14-10-11-16(21)17(12-14)26(23,24)22-15-8-6-5-7-9-15/h5-12,22H,13H2,1-4H3. The quantitative estimate of drug-likeness (QED) is 0.796. The lowest BCUT2D eigenvalue weighted by Crippen LogP contribution is -2.36. The first-order valence-electron chi connectivity index (χ1n) is 8.57. The van der Waals surface area contributed by atoms with Crippen molar-refractivity contribution in [3.05, 3.63) is 53.6 Å². The van der Waals surface area contributed by atoms with Crippen LogP contribution in [0.5, 0.6) is 0 Å². The summed E-state index contributed by atoms with van der Waals surface area (Å²) < 4.78 is 34.4. The first-order chi connectivity index (χ1) is 12.0. The van der Waals surface area contributed by atoms with E-state index in [4.69, 9.17) is 16.3 Å². The number of hydrogen-bond acceptors (Lipinski definition) is 3. The number of sulfonamides is 1. The van der Waals surface area contributed by atoms with Crippen molar-refractivity contribution in [1.29, 1.82) is 0 Å². The van der Waals surface area contributed by atoms with Gasteiger partial charge in [-0.3, -0.25) is 4.72 Å². The summed E-state index contributed by atoms with van der Waals surface area (Å²) in [7, 11) is -3.79. The fraction of sp³-hybridized carbons (Fsp3) is 0.368. The van der Waals surface area contributed by atoms with E-state index in [0.717, 1.165) is 11.8 Å². The highest BCUT2D eigenvalue weighted by Gasteiger charge is 2.49. The molecule has 1 aliphatic rings. The summed E-state index contributed by atoms with van der Waals surface area (Å²) in [5.41, 5.74) is 1.01. The van der Waals surface area contributed by atoms with Gasteiger partial charge in [-0.05, 0) is 55.3 Å². The summed E-state index contributed by atoms with van der Waals surface area (Å²) in [6.07, 6.45) is 0.813. The number of halogens is 1. The third-order valence-electron chi connectivity index (χ3n) is 5.41. The van der Waals surface area contributed by atoms with Crippen LogP contribution < -0.4 is 10.2 Å². The smallest absolute Gasteiger partial charge is 0.328 e. The van der Waals surface area contributed by atoms with Crippen molar-refractivity contribution in [2.45, 2.75) is 44.5 Å². The molecule has 1 heterocycles. The van der Waals surface area contributed by atoms with Gasteiger partial charge in [-0.25, -0.2) is 8.42 Å². The molecule has 1 saturated heterocycles. The van der Waals surface area contributed by atoms with Crippen LogP contribution in [0, 0.1) is 5.41 Å². The third kappa shape index (κ3) is 3.64. The highest BCUT2D eigenvalue weighted by atomic mass is 35.5. The zero-order chi connectivity index (χ0) is 19.2. The molecule has 0 aromatic heterocycles. The van der Waals surface area contributed by atoms with Crippen LogP contribution in [0.1, 0.15) is 27.7 Å². The van der Waals surface area contributed by atoms with Crippen LogP contribution in [0.2, 0.25) is 11.3 Å². The van der Waals surface area contributed by atoms with Gasteiger partial charge in [0.25, 0.3) is 10.0 Å². The molecular formula is C19H23BClNO3S. The lowest BCUT2D eigenvalue weighted by Gasteiger charge is -2.34. The fourth-order valence-corrected chi connectivity index (χ4v) is 4.69. The molecule has 0 saturated carbocycles. The second-order valence-electron chi connectivity index (χ2n) is 7.87. The monoisotopic (exact) mass is 391 g/mol. The molecule has 26 heavy (non-hydrogen) atoms. The van der Waals surface area contributed by atoms with Crippen molar-refractivity contribution in [2.75, 3.05) is 4.72 Å². The minimum absolute atomic E-state index is 0.0152. The number of hydrogen-bond donors (Lipinski definition) is 1. The largest absolute Gasteiger partial charge is 0.426 e. The summed E-state index contributed by atoms with van der Waals surface area (Å²) in [5.74, 6) is 0. The molecule has 2 aromatic rings. The molecule has 0 unspecified atom stereocenters. The van der Waals surface area contributed by atoms with Gasteiger partial charge >= 0.3 is 6.92 Å². The van der Waals surface area contributed by atoms with Crippen molar-refractivity contribution < 1.29 is 13.1 Å². The molecular weight excluding hydrogens is 369 g/mol. The molecule has 1 N–H and O–H groups in total. The molecule has 3 rings (SSSR count). The molecule has 0 aliphatic carbocycles. The van der Waals surface area contributed by atoms with Gasteiger partial charge in [0.2, 0.25) is 0 Å². The molecule has 138 valence electrons. The van der Waals surface area contributed by atoms with Crippen molar-refractivity contribution in [3.8, 4) is 0 Å². The maximum atomic E-state index is 12.8. The number of para-hydroxylation sites is 1. The number of rotatable bonds is 4. The summed E-state index contributed by atoms with van der Waals surface area (Å²) in [6, 6.07) is 13.8. The van der Waals surface area contributed by atoms with Gasteiger partial charge in [0.1, 0.15) is 4.90 Å². The Balaban J connectivity index is 1.94. The second-order valence-corrected chi connectivity index (χ2v) is 9.92. The molecule has 0 amide bonds. The van der Waals surface area contributed by atoms with E-state index in [0.29, 0.717) is 5.69 Å². The number of anilines is 1. The van der Waals surface area contributed by atoms with Crippen LogP contribution in [0.15, 0.2) is 53.4 Å². The molecule has 7 heteroatoms.